The van der Waals surface area contributed by atoms with Gasteiger partial charge in [-0.05, 0) is 19.2 Å². The lowest BCUT2D eigenvalue weighted by Gasteiger charge is -2.27. The van der Waals surface area contributed by atoms with Crippen LogP contribution in [-0.4, -0.2) is 26.5 Å². The quantitative estimate of drug-likeness (QED) is 0.833. The molecular formula is C12H15N3O2S. The van der Waals surface area contributed by atoms with E-state index >= 15 is 0 Å². The highest BCUT2D eigenvalue weighted by molar-refractivity contribution is 7.90. The lowest BCUT2D eigenvalue weighted by atomic mass is 10.1. The molecule has 1 aromatic rings. The van der Waals surface area contributed by atoms with Crippen LogP contribution < -0.4 is 4.72 Å². The van der Waals surface area contributed by atoms with Crippen molar-refractivity contribution in [2.45, 2.75) is 13.5 Å². The molecule has 1 aromatic carbocycles. The van der Waals surface area contributed by atoms with Gasteiger partial charge in [-0.1, -0.05) is 24.3 Å². The van der Waals surface area contributed by atoms with E-state index in [0.29, 0.717) is 17.9 Å². The molecule has 0 aromatic heterocycles. The number of aliphatic imine (C=N–C) groups is 1. The second kappa shape index (κ2) is 4.55. The minimum Gasteiger partial charge on any atom is -0.268 e. The van der Waals surface area contributed by atoms with Gasteiger partial charge in [0, 0.05) is 19.2 Å². The Bertz CT molecular complexity index is 620. The SMILES string of the molecule is C=Nc1c(C=CC)ccc2c1NS(=O)(=O)N(C)C2. The molecule has 0 amide bonds. The largest absolute Gasteiger partial charge is 0.301 e. The smallest absolute Gasteiger partial charge is 0.268 e. The van der Waals surface area contributed by atoms with E-state index < -0.39 is 10.2 Å². The Morgan fingerprint density at radius 2 is 2.22 bits per heavy atom. The molecule has 18 heavy (non-hydrogen) atoms. The second-order valence-corrected chi connectivity index (χ2v) is 5.84. The zero-order valence-corrected chi connectivity index (χ0v) is 11.2. The monoisotopic (exact) mass is 265 g/mol. The van der Waals surface area contributed by atoms with Crippen molar-refractivity contribution in [1.29, 1.82) is 0 Å². The third kappa shape index (κ3) is 2.04. The fourth-order valence-electron chi connectivity index (χ4n) is 1.91. The summed E-state index contributed by atoms with van der Waals surface area (Å²) in [5, 5.41) is 0. The van der Waals surface area contributed by atoms with Crippen molar-refractivity contribution in [3.63, 3.8) is 0 Å². The molecule has 2 rings (SSSR count). The first-order chi connectivity index (χ1) is 8.49. The highest BCUT2D eigenvalue weighted by Crippen LogP contribution is 2.37. The maximum atomic E-state index is 11.8. The summed E-state index contributed by atoms with van der Waals surface area (Å²) in [6.45, 7) is 5.75. The van der Waals surface area contributed by atoms with E-state index in [1.165, 1.54) is 11.4 Å². The summed E-state index contributed by atoms with van der Waals surface area (Å²) < 4.78 is 27.4. The highest BCUT2D eigenvalue weighted by atomic mass is 32.2. The molecule has 0 aliphatic carbocycles. The van der Waals surface area contributed by atoms with Gasteiger partial charge in [0.25, 0.3) is 0 Å². The van der Waals surface area contributed by atoms with Crippen molar-refractivity contribution in [2.75, 3.05) is 11.8 Å². The fourth-order valence-corrected chi connectivity index (χ4v) is 2.86. The Morgan fingerprint density at radius 1 is 1.50 bits per heavy atom. The van der Waals surface area contributed by atoms with E-state index in [2.05, 4.69) is 16.4 Å². The van der Waals surface area contributed by atoms with Crippen LogP contribution in [0.25, 0.3) is 6.08 Å². The van der Waals surface area contributed by atoms with Crippen LogP contribution in [0.2, 0.25) is 0 Å². The maximum absolute atomic E-state index is 11.8. The van der Waals surface area contributed by atoms with Gasteiger partial charge in [0.15, 0.2) is 0 Å². The van der Waals surface area contributed by atoms with Gasteiger partial charge >= 0.3 is 10.2 Å². The van der Waals surface area contributed by atoms with Crippen LogP contribution in [0.3, 0.4) is 0 Å². The molecule has 96 valence electrons. The van der Waals surface area contributed by atoms with Crippen LogP contribution in [0.15, 0.2) is 23.2 Å². The average Bonchev–Trinajstić information content (AvgIpc) is 2.31. The Labute approximate surface area is 107 Å². The first-order valence-electron chi connectivity index (χ1n) is 5.49. The van der Waals surface area contributed by atoms with Crippen LogP contribution in [0.1, 0.15) is 18.1 Å². The first-order valence-corrected chi connectivity index (χ1v) is 6.93. The minimum atomic E-state index is -3.47. The van der Waals surface area contributed by atoms with Crippen LogP contribution in [0.5, 0.6) is 0 Å². The van der Waals surface area contributed by atoms with Gasteiger partial charge in [0.05, 0.1) is 11.4 Å². The van der Waals surface area contributed by atoms with Gasteiger partial charge in [-0.25, -0.2) is 0 Å². The number of nitrogens with one attached hydrogen (secondary N) is 1. The summed E-state index contributed by atoms with van der Waals surface area (Å²) in [6.07, 6.45) is 3.75. The number of anilines is 1. The van der Waals surface area contributed by atoms with E-state index in [0.717, 1.165) is 11.1 Å². The van der Waals surface area contributed by atoms with Crippen molar-refractivity contribution < 1.29 is 8.42 Å². The summed E-state index contributed by atoms with van der Waals surface area (Å²) in [6, 6.07) is 3.81. The zero-order valence-electron chi connectivity index (χ0n) is 10.3. The molecule has 0 atom stereocenters. The van der Waals surface area contributed by atoms with E-state index in [1.807, 2.05) is 31.2 Å². The molecule has 0 radical (unpaired) electrons. The lowest BCUT2D eigenvalue weighted by Crippen LogP contribution is -2.36. The maximum Gasteiger partial charge on any atom is 0.301 e. The molecule has 0 saturated carbocycles. The molecule has 1 heterocycles. The Kier molecular flexibility index (Phi) is 3.23. The lowest BCUT2D eigenvalue weighted by molar-refractivity contribution is 0.466. The topological polar surface area (TPSA) is 61.8 Å². The highest BCUT2D eigenvalue weighted by Gasteiger charge is 2.28. The summed E-state index contributed by atoms with van der Waals surface area (Å²) in [4.78, 5) is 3.95. The van der Waals surface area contributed by atoms with Crippen molar-refractivity contribution in [1.82, 2.24) is 4.31 Å². The van der Waals surface area contributed by atoms with Crippen LogP contribution in [-0.2, 0) is 16.8 Å². The summed E-state index contributed by atoms with van der Waals surface area (Å²) >= 11 is 0. The third-order valence-electron chi connectivity index (χ3n) is 2.83. The number of hydrogen-bond acceptors (Lipinski definition) is 3. The molecule has 5 nitrogen and oxygen atoms in total. The minimum absolute atomic E-state index is 0.337. The number of allylic oxidation sites excluding steroid dienone is 1. The van der Waals surface area contributed by atoms with E-state index in [1.54, 1.807) is 0 Å². The number of benzene rings is 1. The standard InChI is InChI=1S/C12H15N3O2S/c1-4-5-9-6-7-10-8-15(3)18(16,17)14-12(10)11(9)13-2/h4-7,14H,2,8H2,1,3H3. The number of nitrogens with zero attached hydrogens (tertiary/aromatic N) is 2. The average molecular weight is 265 g/mol. The van der Waals surface area contributed by atoms with Gasteiger partial charge in [-0.3, -0.25) is 9.71 Å². The van der Waals surface area contributed by atoms with Gasteiger partial charge in [0.2, 0.25) is 0 Å². The van der Waals surface area contributed by atoms with Crippen LogP contribution in [0.4, 0.5) is 11.4 Å². The molecule has 0 saturated heterocycles. The molecular weight excluding hydrogens is 250 g/mol. The third-order valence-corrected chi connectivity index (χ3v) is 4.25. The fraction of sp³-hybridized carbons (Fsp3) is 0.250. The van der Waals surface area contributed by atoms with E-state index in [-0.39, 0.29) is 0 Å². The number of fused-ring (bicyclic) bond motifs is 1. The van der Waals surface area contributed by atoms with Crippen molar-refractivity contribution in [3.8, 4) is 0 Å². The molecule has 0 unspecified atom stereocenters. The van der Waals surface area contributed by atoms with Crippen molar-refractivity contribution in [3.05, 3.63) is 29.3 Å². The van der Waals surface area contributed by atoms with Gasteiger partial charge in [-0.2, -0.15) is 12.7 Å². The second-order valence-electron chi connectivity index (χ2n) is 4.06. The summed E-state index contributed by atoms with van der Waals surface area (Å²) in [5.74, 6) is 0. The normalized spacial score (nSPS) is 18.3. The molecule has 1 N–H and O–H groups in total. The predicted octanol–water partition coefficient (Wildman–Crippen LogP) is 2.15. The van der Waals surface area contributed by atoms with E-state index in [4.69, 9.17) is 0 Å². The molecule has 1 aliphatic rings. The van der Waals surface area contributed by atoms with Gasteiger partial charge < -0.3 is 0 Å². The number of rotatable bonds is 2. The summed E-state index contributed by atoms with van der Waals surface area (Å²) in [7, 11) is -1.93. The van der Waals surface area contributed by atoms with Crippen LogP contribution in [0, 0.1) is 0 Å². The molecule has 0 spiro atoms. The van der Waals surface area contributed by atoms with E-state index in [9.17, 15) is 8.42 Å². The Morgan fingerprint density at radius 3 is 2.83 bits per heavy atom. The Hall–Kier alpha value is -1.66. The molecule has 1 aliphatic heterocycles. The first kappa shape index (κ1) is 12.8. The van der Waals surface area contributed by atoms with Gasteiger partial charge in [0.1, 0.15) is 0 Å². The molecule has 0 fully saturated rings. The predicted molar refractivity (Wildman–Crippen MR) is 74.4 cm³/mol. The molecule has 0 bridgehead atoms. The van der Waals surface area contributed by atoms with Crippen molar-refractivity contribution >= 4 is 34.4 Å². The van der Waals surface area contributed by atoms with Gasteiger partial charge in [-0.15, -0.1) is 0 Å². The zero-order chi connectivity index (χ0) is 13.3. The number of hydrogen-bond donors (Lipinski definition) is 1. The summed E-state index contributed by atoms with van der Waals surface area (Å²) in [5.41, 5.74) is 2.84. The van der Waals surface area contributed by atoms with Crippen LogP contribution >= 0.6 is 0 Å². The Balaban J connectivity index is 2.65. The molecule has 6 heteroatoms. The van der Waals surface area contributed by atoms with Crippen molar-refractivity contribution in [2.24, 2.45) is 4.99 Å².